The minimum Gasteiger partial charge on any atom is -0.456 e. The summed E-state index contributed by atoms with van der Waals surface area (Å²) in [5.41, 5.74) is 15.7. The number of aromatic nitrogens is 6. The van der Waals surface area contributed by atoms with E-state index in [0.29, 0.717) is 29.1 Å². The summed E-state index contributed by atoms with van der Waals surface area (Å²) in [6.07, 6.45) is 0. The quantitative estimate of drug-likeness (QED) is 0.109. The van der Waals surface area contributed by atoms with Crippen LogP contribution in [0.2, 0.25) is 0 Å². The van der Waals surface area contributed by atoms with E-state index in [4.69, 9.17) is 32.6 Å². The van der Waals surface area contributed by atoms with Gasteiger partial charge in [0.15, 0.2) is 34.8 Å². The SMILES string of the molecule is Brc1cc2oc3ccccc3c2cc1-c1ccc2oc3ccc(-c4nc(-c5ccccc5)nc(-c5ccccc5)n4)cc3c2c1.Brc1cc2oc3ccccc3c2cc1-c1ccc2oc3ccc(I)cc3c2c1.C.OB(O)c1nc(-c2ccccc2)nc(-c2ccccc2)n1.[B]. The van der Waals surface area contributed by atoms with Crippen LogP contribution in [0, 0.1) is 3.57 Å². The van der Waals surface area contributed by atoms with Gasteiger partial charge in [-0.2, -0.15) is 0 Å². The van der Waals surface area contributed by atoms with Gasteiger partial charge in [0.25, 0.3) is 0 Å². The van der Waals surface area contributed by atoms with E-state index in [2.05, 4.69) is 154 Å². The van der Waals surface area contributed by atoms with Crippen LogP contribution in [0.1, 0.15) is 7.43 Å². The van der Waals surface area contributed by atoms with Crippen molar-refractivity contribution in [3.05, 3.63) is 279 Å². The van der Waals surface area contributed by atoms with Gasteiger partial charge in [-0.1, -0.05) is 209 Å². The minimum absolute atomic E-state index is 0. The third kappa shape index (κ3) is 12.3. The smallest absolute Gasteiger partial charge is 0.456 e. The van der Waals surface area contributed by atoms with E-state index in [9.17, 15) is 10.0 Å². The summed E-state index contributed by atoms with van der Waals surface area (Å²) in [4.78, 5) is 27.3. The van der Waals surface area contributed by atoms with Crippen molar-refractivity contribution in [2.75, 3.05) is 0 Å². The Labute approximate surface area is 582 Å². The zero-order chi connectivity index (χ0) is 63.4. The number of para-hydroxylation sites is 2. The number of fused-ring (bicyclic) bond motifs is 12. The molecule has 6 heterocycles. The van der Waals surface area contributed by atoms with Crippen molar-refractivity contribution in [1.82, 2.24) is 29.9 Å². The zero-order valence-electron chi connectivity index (χ0n) is 49.9. The Kier molecular flexibility index (Phi) is 17.6. The Morgan fingerprint density at radius 1 is 0.281 bits per heavy atom. The molecule has 0 spiro atoms. The van der Waals surface area contributed by atoms with Crippen LogP contribution in [0.3, 0.4) is 0 Å². The first-order chi connectivity index (χ1) is 46.1. The molecule has 0 unspecified atom stereocenters. The second-order valence-electron chi connectivity index (χ2n) is 22.3. The topological polar surface area (TPSA) is 170 Å². The van der Waals surface area contributed by atoms with Crippen molar-refractivity contribution in [3.63, 3.8) is 0 Å². The van der Waals surface area contributed by atoms with Gasteiger partial charge in [-0.3, -0.25) is 0 Å². The fourth-order valence-corrected chi connectivity index (χ4v) is 13.4. The van der Waals surface area contributed by atoms with Crippen LogP contribution in [0.4, 0.5) is 0 Å². The molecule has 18 aromatic rings. The second-order valence-corrected chi connectivity index (χ2v) is 25.3. The van der Waals surface area contributed by atoms with Gasteiger partial charge in [-0.25, -0.2) is 29.9 Å². The van der Waals surface area contributed by atoms with E-state index >= 15 is 0 Å². The van der Waals surface area contributed by atoms with Crippen LogP contribution in [0.5, 0.6) is 0 Å². The molecule has 96 heavy (non-hydrogen) atoms. The maximum absolute atomic E-state index is 9.37. The fourth-order valence-electron chi connectivity index (χ4n) is 11.8. The number of halogens is 3. The van der Waals surface area contributed by atoms with Crippen LogP contribution in [-0.2, 0) is 0 Å². The van der Waals surface area contributed by atoms with E-state index in [1.807, 2.05) is 182 Å². The summed E-state index contributed by atoms with van der Waals surface area (Å²) in [6.45, 7) is 0. The van der Waals surface area contributed by atoms with Crippen LogP contribution in [0.15, 0.2) is 294 Å². The third-order valence-corrected chi connectivity index (χ3v) is 18.3. The summed E-state index contributed by atoms with van der Waals surface area (Å²) in [5.74, 6) is 2.69. The highest BCUT2D eigenvalue weighted by Crippen LogP contribution is 2.43. The molecule has 18 rings (SSSR count). The predicted molar refractivity (Wildman–Crippen MR) is 404 cm³/mol. The molecule has 459 valence electrons. The number of furan rings is 4. The van der Waals surface area contributed by atoms with Gasteiger partial charge in [0, 0.05) is 91.8 Å². The molecular weight excluding hydrogens is 1440 g/mol. The lowest BCUT2D eigenvalue weighted by Gasteiger charge is -2.08. The molecule has 0 saturated heterocycles. The number of benzene rings is 12. The molecule has 0 amide bonds. The van der Waals surface area contributed by atoms with Gasteiger partial charge in [0.2, 0.25) is 0 Å². The number of hydrogen-bond acceptors (Lipinski definition) is 12. The maximum atomic E-state index is 9.37. The molecule has 2 N–H and O–H groups in total. The van der Waals surface area contributed by atoms with Gasteiger partial charge in [-0.05, 0) is 142 Å². The Morgan fingerprint density at radius 3 is 0.969 bits per heavy atom. The average Bonchev–Trinajstić information content (AvgIpc) is 1.57. The van der Waals surface area contributed by atoms with Crippen molar-refractivity contribution >= 4 is 163 Å². The summed E-state index contributed by atoms with van der Waals surface area (Å²) < 4.78 is 27.6. The summed E-state index contributed by atoms with van der Waals surface area (Å²) in [6, 6.07) is 88.7. The van der Waals surface area contributed by atoms with Crippen molar-refractivity contribution in [1.29, 1.82) is 0 Å². The molecule has 0 atom stereocenters. The van der Waals surface area contributed by atoms with Gasteiger partial charge in [-0.15, -0.1) is 0 Å². The van der Waals surface area contributed by atoms with E-state index in [-0.39, 0.29) is 21.6 Å². The van der Waals surface area contributed by atoms with Gasteiger partial charge in [0.1, 0.15) is 44.7 Å². The first kappa shape index (κ1) is 63.0. The predicted octanol–water partition coefficient (Wildman–Crippen LogP) is 20.8. The minimum atomic E-state index is -1.74. The first-order valence-electron chi connectivity index (χ1n) is 30.0. The molecule has 12 aromatic carbocycles. The normalized spacial score (nSPS) is 11.2. The molecule has 0 aliphatic rings. The van der Waals surface area contributed by atoms with Gasteiger partial charge < -0.3 is 27.7 Å². The Hall–Kier alpha value is -10.4. The van der Waals surface area contributed by atoms with E-state index < -0.39 is 7.12 Å². The molecule has 3 radical (unpaired) electrons. The molecule has 17 heteroatoms. The highest BCUT2D eigenvalue weighted by Gasteiger charge is 2.22. The molecule has 0 fully saturated rings. The van der Waals surface area contributed by atoms with Crippen molar-refractivity contribution in [3.8, 4) is 79.2 Å². The van der Waals surface area contributed by atoms with Crippen molar-refractivity contribution in [2.24, 2.45) is 0 Å². The summed E-state index contributed by atoms with van der Waals surface area (Å²) >= 11 is 9.89. The second kappa shape index (κ2) is 26.8. The molecule has 0 aliphatic heterocycles. The largest absolute Gasteiger partial charge is 0.528 e. The Morgan fingerprint density at radius 2 is 0.573 bits per heavy atom. The van der Waals surface area contributed by atoms with Crippen molar-refractivity contribution in [2.45, 2.75) is 7.43 Å². The lowest BCUT2D eigenvalue weighted by atomic mass is 9.90. The molecule has 0 saturated carbocycles. The number of hydrogen-bond donors (Lipinski definition) is 2. The van der Waals surface area contributed by atoms with Crippen LogP contribution >= 0.6 is 54.5 Å². The van der Waals surface area contributed by atoms with Crippen molar-refractivity contribution < 1.29 is 27.7 Å². The first-order valence-corrected chi connectivity index (χ1v) is 32.7. The Balaban J connectivity index is 0.000000133. The van der Waals surface area contributed by atoms with E-state index in [1.165, 1.54) is 3.57 Å². The highest BCUT2D eigenvalue weighted by atomic mass is 127. The summed E-state index contributed by atoms with van der Waals surface area (Å²) in [5, 5.41) is 27.5. The number of nitrogens with zero attached hydrogens (tertiary/aromatic N) is 6. The molecule has 0 bridgehead atoms. The number of rotatable bonds is 8. The van der Waals surface area contributed by atoms with Gasteiger partial charge >= 0.3 is 7.12 Å². The van der Waals surface area contributed by atoms with Gasteiger partial charge in [0.05, 0.1) is 0 Å². The average molecular weight is 1490 g/mol. The molecule has 0 aliphatic carbocycles. The third-order valence-electron chi connectivity index (χ3n) is 16.4. The molecule has 6 aromatic heterocycles. The van der Waals surface area contributed by atoms with Crippen LogP contribution in [-0.4, -0.2) is 55.5 Å². The lowest BCUT2D eigenvalue weighted by Crippen LogP contribution is -2.36. The molecular formula is C79H50B2Br2IN6O6. The lowest BCUT2D eigenvalue weighted by molar-refractivity contribution is 0.422. The summed E-state index contributed by atoms with van der Waals surface area (Å²) in [7, 11) is -1.74. The standard InChI is InChI=1S/C39H22BrN3O2.C24H12BrIO2.C15H12BN3O2.CH4.B/c40-32-22-36-31(27-13-7-8-14-33(27)45-36)21-28(32)25-15-17-34-29(19-25)30-20-26(16-18-35(30)44-34)39-42-37(23-9-3-1-4-10-23)41-38(43-39)24-11-5-2-6-12-24;25-20-12-24-19(15-3-1-2-4-21(15)28-24)11-16(20)13-5-7-22-17(9-13)18-10-14(26)6-8-23(18)27-22;20-16(21)15-18-13(11-7-3-1-4-8-11)17-14(19-15)12-9-5-2-6-10-12;;/h1-22H;1-12H;1-10,20-21H;1H4;. The van der Waals surface area contributed by atoms with Crippen LogP contribution < -0.4 is 5.72 Å². The highest BCUT2D eigenvalue weighted by molar-refractivity contribution is 14.1. The monoisotopic (exact) mass is 1490 g/mol. The Bertz CT molecular complexity index is 5800. The maximum Gasteiger partial charge on any atom is 0.528 e. The molecule has 12 nitrogen and oxygen atoms in total. The fraction of sp³-hybridized carbons (Fsp3) is 0.0127. The van der Waals surface area contributed by atoms with Crippen LogP contribution in [0.25, 0.3) is 167 Å². The zero-order valence-corrected chi connectivity index (χ0v) is 55.2. The van der Waals surface area contributed by atoms with E-state index in [0.717, 1.165) is 147 Å². The van der Waals surface area contributed by atoms with E-state index in [1.54, 1.807) is 0 Å².